The third kappa shape index (κ3) is 9.68. The summed E-state index contributed by atoms with van der Waals surface area (Å²) in [7, 11) is -1.90. The number of halogens is 6. The number of ether oxygens (including phenoxy) is 2. The third-order valence-corrected chi connectivity index (χ3v) is 10.8. The van der Waals surface area contributed by atoms with Crippen LogP contribution in [0.3, 0.4) is 0 Å². The van der Waals surface area contributed by atoms with Crippen LogP contribution in [-0.2, 0) is 24.1 Å². The number of piperidine rings is 1. The lowest BCUT2D eigenvalue weighted by atomic mass is 9.85. The van der Waals surface area contributed by atoms with E-state index in [0.717, 1.165) is 12.8 Å². The van der Waals surface area contributed by atoms with Gasteiger partial charge in [0.1, 0.15) is 34.8 Å². The molecule has 41 heavy (non-hydrogen) atoms. The van der Waals surface area contributed by atoms with Crippen LogP contribution in [0.15, 0.2) is 0 Å². The molecule has 0 bridgehead atoms. The van der Waals surface area contributed by atoms with Gasteiger partial charge in [-0.15, -0.1) is 4.31 Å². The Kier molecular flexibility index (Phi) is 11.4. The lowest BCUT2D eigenvalue weighted by Gasteiger charge is -2.44. The fourth-order valence-electron chi connectivity index (χ4n) is 6.26. The van der Waals surface area contributed by atoms with Gasteiger partial charge < -0.3 is 14.0 Å². The molecule has 0 radical (unpaired) electrons. The van der Waals surface area contributed by atoms with Gasteiger partial charge in [0.15, 0.2) is 6.35 Å². The zero-order valence-corrected chi connectivity index (χ0v) is 23.9. The van der Waals surface area contributed by atoms with E-state index < -0.39 is 65.5 Å². The molecule has 0 spiro atoms. The van der Waals surface area contributed by atoms with Gasteiger partial charge in [0.2, 0.25) is 0 Å². The van der Waals surface area contributed by atoms with E-state index in [0.29, 0.717) is 51.6 Å². The summed E-state index contributed by atoms with van der Waals surface area (Å²) in [5.74, 6) is -1.43. The van der Waals surface area contributed by atoms with Crippen molar-refractivity contribution in [1.82, 2.24) is 30.9 Å². The first-order chi connectivity index (χ1) is 19.2. The molecule has 2 aliphatic heterocycles. The Hall–Kier alpha value is -0.630. The highest BCUT2D eigenvalue weighted by atomic mass is 32.3. The van der Waals surface area contributed by atoms with Crippen molar-refractivity contribution < 1.29 is 44.6 Å². The lowest BCUT2D eigenvalue weighted by Crippen LogP contribution is -2.76. The molecule has 4 aliphatic rings. The Morgan fingerprint density at radius 2 is 1.51 bits per heavy atom. The molecule has 4 fully saturated rings. The molecule has 17 heteroatoms. The molecule has 10 nitrogen and oxygen atoms in total. The quantitative estimate of drug-likeness (QED) is 0.195. The second-order valence-corrected chi connectivity index (χ2v) is 13.7. The maximum Gasteiger partial charge on any atom is 0.411 e. The SMILES string of the molecule is COC1CCCC([S+](=O)([O-])N2CCC(NC3NC(NC4CCCC(C(F)(F)F)C4)NC(OCC(F)(F)F)N3)CC2)C1. The molecule has 2 saturated carbocycles. The summed E-state index contributed by atoms with van der Waals surface area (Å²) in [6.45, 7) is -0.913. The molecular weight excluding hydrogens is 582 g/mol. The van der Waals surface area contributed by atoms with Crippen molar-refractivity contribution >= 4 is 10.4 Å². The van der Waals surface area contributed by atoms with Crippen molar-refractivity contribution in [2.24, 2.45) is 5.92 Å². The molecule has 5 N–H and O–H groups in total. The van der Waals surface area contributed by atoms with E-state index in [1.807, 2.05) is 0 Å². The summed E-state index contributed by atoms with van der Waals surface area (Å²) in [6, 6.07) is -0.649. The first kappa shape index (κ1) is 33.3. The average molecular weight is 625 g/mol. The summed E-state index contributed by atoms with van der Waals surface area (Å²) in [6.07, 6.45) is -7.27. The minimum Gasteiger partial charge on any atom is -0.597 e. The largest absolute Gasteiger partial charge is 0.597 e. The van der Waals surface area contributed by atoms with Crippen LogP contribution in [-0.4, -0.2) is 90.4 Å². The van der Waals surface area contributed by atoms with Crippen molar-refractivity contribution in [2.45, 2.75) is 119 Å². The van der Waals surface area contributed by atoms with Gasteiger partial charge in [-0.25, -0.2) is 0 Å². The highest BCUT2D eigenvalue weighted by molar-refractivity contribution is 7.96. The summed E-state index contributed by atoms with van der Waals surface area (Å²) in [5.41, 5.74) is 0. The number of alkyl halides is 6. The van der Waals surface area contributed by atoms with Crippen molar-refractivity contribution in [2.75, 3.05) is 26.8 Å². The molecule has 0 aromatic carbocycles. The number of hydrogen-bond donors (Lipinski definition) is 5. The smallest absolute Gasteiger partial charge is 0.411 e. The molecule has 2 saturated heterocycles. The van der Waals surface area contributed by atoms with E-state index in [-0.39, 0.29) is 25.0 Å². The molecule has 0 amide bonds. The number of sulfonamides is 1. The van der Waals surface area contributed by atoms with E-state index in [2.05, 4.69) is 26.6 Å². The molecule has 240 valence electrons. The van der Waals surface area contributed by atoms with Crippen LogP contribution in [0.25, 0.3) is 0 Å². The Bertz CT molecular complexity index is 881. The third-order valence-electron chi connectivity index (χ3n) is 8.47. The Morgan fingerprint density at radius 3 is 2.12 bits per heavy atom. The second kappa shape index (κ2) is 14.0. The first-order valence-corrected chi connectivity index (χ1v) is 15.8. The fraction of sp³-hybridized carbons (Fsp3) is 1.00. The molecule has 0 aromatic heterocycles. The van der Waals surface area contributed by atoms with E-state index in [1.54, 1.807) is 7.11 Å². The Balaban J connectivity index is 1.32. The van der Waals surface area contributed by atoms with Crippen molar-refractivity contribution in [3.05, 3.63) is 0 Å². The topological polar surface area (TPSA) is 122 Å². The lowest BCUT2D eigenvalue weighted by molar-refractivity contribution is -0.199. The van der Waals surface area contributed by atoms with Gasteiger partial charge in [-0.1, -0.05) is 10.6 Å². The number of rotatable bonds is 9. The van der Waals surface area contributed by atoms with Gasteiger partial charge >= 0.3 is 12.4 Å². The molecule has 2 heterocycles. The van der Waals surface area contributed by atoms with E-state index in [4.69, 9.17) is 9.47 Å². The molecule has 2 aliphatic carbocycles. The van der Waals surface area contributed by atoms with Gasteiger partial charge in [-0.2, -0.15) is 26.3 Å². The predicted molar refractivity (Wildman–Crippen MR) is 137 cm³/mol. The van der Waals surface area contributed by atoms with Crippen LogP contribution in [0, 0.1) is 5.92 Å². The molecule has 4 rings (SSSR count). The van der Waals surface area contributed by atoms with Crippen LogP contribution in [0.1, 0.15) is 64.2 Å². The van der Waals surface area contributed by atoms with Crippen LogP contribution < -0.4 is 26.6 Å². The van der Waals surface area contributed by atoms with E-state index in [1.165, 1.54) is 4.31 Å². The zero-order chi connectivity index (χ0) is 29.8. The highest BCUT2D eigenvalue weighted by Crippen LogP contribution is 2.37. The number of nitrogens with one attached hydrogen (secondary N) is 5. The van der Waals surface area contributed by atoms with Crippen molar-refractivity contribution in [3.8, 4) is 0 Å². The van der Waals surface area contributed by atoms with Crippen LogP contribution in [0.2, 0.25) is 0 Å². The summed E-state index contributed by atoms with van der Waals surface area (Å²) < 4.78 is 117. The minimum absolute atomic E-state index is 0.0540. The highest BCUT2D eigenvalue weighted by Gasteiger charge is 2.44. The molecular formula is C24H42F6N6O4S. The average Bonchev–Trinajstić information content (AvgIpc) is 2.91. The fourth-order valence-corrected chi connectivity index (χ4v) is 8.33. The first-order valence-electron chi connectivity index (χ1n) is 14.3. The standard InChI is InChI=1S/C24H42F6N6O4S/c1-39-18-6-3-7-19(13-18)41(37,38)36-10-8-16(9-11-36)31-20-33-21(35-22(34-20)40-14-23(25,26)27)32-17-5-2-4-15(12-17)24(28,29)30/h15-22,31-35H,2-14H2,1H3. The zero-order valence-electron chi connectivity index (χ0n) is 23.1. The Labute approximate surface area is 237 Å². The predicted octanol–water partition coefficient (Wildman–Crippen LogP) is 2.47. The van der Waals surface area contributed by atoms with Crippen molar-refractivity contribution in [1.29, 1.82) is 0 Å². The normalized spacial score (nSPS) is 36.6. The van der Waals surface area contributed by atoms with Gasteiger partial charge in [0, 0.05) is 38.7 Å². The molecule has 8 unspecified atom stereocenters. The van der Waals surface area contributed by atoms with E-state index in [9.17, 15) is 35.1 Å². The number of nitrogens with zero attached hydrogens (tertiary/aromatic N) is 1. The maximum absolute atomic E-state index is 13.3. The number of methoxy groups -OCH3 is 1. The monoisotopic (exact) mass is 624 g/mol. The van der Waals surface area contributed by atoms with Gasteiger partial charge in [0.25, 0.3) is 0 Å². The second-order valence-electron chi connectivity index (χ2n) is 11.5. The van der Waals surface area contributed by atoms with Gasteiger partial charge in [-0.3, -0.25) is 26.6 Å². The van der Waals surface area contributed by atoms with Gasteiger partial charge in [0.05, 0.1) is 12.0 Å². The summed E-state index contributed by atoms with van der Waals surface area (Å²) in [5, 5.41) is 14.6. The van der Waals surface area contributed by atoms with Gasteiger partial charge in [-0.05, 0) is 51.4 Å². The Morgan fingerprint density at radius 1 is 0.878 bits per heavy atom. The summed E-state index contributed by atoms with van der Waals surface area (Å²) >= 11 is 0. The summed E-state index contributed by atoms with van der Waals surface area (Å²) in [4.78, 5) is 0. The van der Waals surface area contributed by atoms with Crippen LogP contribution in [0.4, 0.5) is 26.3 Å². The minimum atomic E-state index is -4.57. The van der Waals surface area contributed by atoms with Crippen LogP contribution >= 0.6 is 0 Å². The molecule has 8 atom stereocenters. The van der Waals surface area contributed by atoms with E-state index >= 15 is 0 Å². The number of hydrogen-bond acceptors (Lipinski definition) is 9. The van der Waals surface area contributed by atoms with Crippen LogP contribution in [0.5, 0.6) is 0 Å². The maximum atomic E-state index is 13.3. The molecule has 0 aromatic rings. The van der Waals surface area contributed by atoms with Crippen molar-refractivity contribution in [3.63, 3.8) is 0 Å².